The number of hydrogen-bond acceptors (Lipinski definition) is 1. The largest absolute Gasteiger partial charge is 0.358 e. The van der Waals surface area contributed by atoms with Crippen molar-refractivity contribution in [1.29, 1.82) is 0 Å². The Bertz CT molecular complexity index is 486. The molecule has 0 aliphatic rings. The van der Waals surface area contributed by atoms with Gasteiger partial charge >= 0.3 is 24.8 Å². The molecular weight excluding hydrogens is 417 g/mol. The predicted octanol–water partition coefficient (Wildman–Crippen LogP) is 7.33. The third-order valence-corrected chi connectivity index (χ3v) is 3.15. The van der Waals surface area contributed by atoms with Gasteiger partial charge in [0, 0.05) is 0 Å². The molecule has 2 aromatic carbocycles. The van der Waals surface area contributed by atoms with E-state index in [0.717, 1.165) is 0 Å². The summed E-state index contributed by atoms with van der Waals surface area (Å²) in [6.45, 7) is 16.2. The average molecular weight is 454 g/mol. The molecule has 0 aliphatic heterocycles. The van der Waals surface area contributed by atoms with E-state index < -0.39 is 8.32 Å². The van der Waals surface area contributed by atoms with Crippen molar-refractivity contribution in [3.05, 3.63) is 62.5 Å². The van der Waals surface area contributed by atoms with Crippen molar-refractivity contribution in [3.63, 3.8) is 0 Å². The molecule has 6 heteroatoms. The van der Waals surface area contributed by atoms with Gasteiger partial charge in [-0.3, -0.25) is 0 Å². The molecule has 0 bridgehead atoms. The summed E-state index contributed by atoms with van der Waals surface area (Å²) in [5.74, 6) is 0. The molecule has 0 unspecified atom stereocenters. The van der Waals surface area contributed by atoms with Crippen LogP contribution in [0.25, 0.3) is 16.5 Å². The predicted molar refractivity (Wildman–Crippen MR) is 126 cm³/mol. The monoisotopic (exact) mass is 453 g/mol. The molecule has 26 heavy (non-hydrogen) atoms. The van der Waals surface area contributed by atoms with E-state index in [1.807, 2.05) is 20.8 Å². The summed E-state index contributed by atoms with van der Waals surface area (Å²) in [5.41, 5.74) is 6.69. The zero-order valence-electron chi connectivity index (χ0n) is 17.4. The Balaban J connectivity index is -0.0000000795. The van der Waals surface area contributed by atoms with Crippen molar-refractivity contribution in [2.75, 3.05) is 6.61 Å². The van der Waals surface area contributed by atoms with Gasteiger partial charge in [-0.1, -0.05) is 33.4 Å². The van der Waals surface area contributed by atoms with E-state index in [4.69, 9.17) is 10.2 Å². The summed E-state index contributed by atoms with van der Waals surface area (Å²) < 4.78 is 5.26. The van der Waals surface area contributed by atoms with E-state index >= 15 is 0 Å². The van der Waals surface area contributed by atoms with Crippen LogP contribution in [-0.2, 0) is 24.4 Å². The van der Waals surface area contributed by atoms with Crippen LogP contribution in [-0.4, -0.2) is 25.3 Å². The molecule has 2 nitrogen and oxygen atoms in total. The van der Waals surface area contributed by atoms with Crippen LogP contribution in [0.2, 0.25) is 19.6 Å². The number of rotatable bonds is 2. The molecule has 0 aromatic heterocycles. The molecule has 0 atom stereocenters. The van der Waals surface area contributed by atoms with E-state index in [-0.39, 0.29) is 37.8 Å². The van der Waals surface area contributed by atoms with Crippen LogP contribution in [0.5, 0.6) is 0 Å². The summed E-state index contributed by atoms with van der Waals surface area (Å²) in [6, 6.07) is 14.7. The molecule has 0 radical (unpaired) electrons. The van der Waals surface area contributed by atoms with Gasteiger partial charge in [0.2, 0.25) is 0 Å². The summed E-state index contributed by atoms with van der Waals surface area (Å²) in [7, 11) is -1.22. The molecule has 2 aromatic rings. The van der Waals surface area contributed by atoms with Gasteiger partial charge in [-0.2, -0.15) is 17.5 Å². The zero-order valence-corrected chi connectivity index (χ0v) is 21.6. The maximum atomic E-state index is 6.94. The van der Waals surface area contributed by atoms with Crippen LogP contribution >= 0.6 is 24.8 Å². The fourth-order valence-electron chi connectivity index (χ4n) is 1.38. The van der Waals surface area contributed by atoms with E-state index in [2.05, 4.69) is 73.8 Å². The normalized spacial score (nSPS) is 9.19. The van der Waals surface area contributed by atoms with Gasteiger partial charge in [-0.05, 0) is 19.6 Å². The first-order valence-corrected chi connectivity index (χ1v) is 12.2. The van der Waals surface area contributed by atoms with Gasteiger partial charge in [0.15, 0.2) is 8.32 Å². The minimum absolute atomic E-state index is 0. The zero-order chi connectivity index (χ0) is 18.5. The SMILES string of the molecule is CC(C)(C)[NH-].Cl.Cl.[CH2-]CO[Si](C)(C)C.[CH2]=[Ti].[CH3-].c1ccc2[cH-]ccc2c1. The van der Waals surface area contributed by atoms with Gasteiger partial charge in [-0.25, -0.2) is 0 Å². The molecule has 0 saturated heterocycles. The Hall–Kier alpha value is 0.131. The molecule has 0 spiro atoms. The smallest absolute Gasteiger partial charge is 0.0809 e. The summed E-state index contributed by atoms with van der Waals surface area (Å²) in [4.78, 5) is 3.25. The fraction of sp³-hybridized carbons (Fsp3) is 0.400. The van der Waals surface area contributed by atoms with E-state index in [1.165, 1.54) is 10.8 Å². The van der Waals surface area contributed by atoms with Crippen LogP contribution in [0.15, 0.2) is 42.5 Å². The number of halogens is 2. The van der Waals surface area contributed by atoms with Gasteiger partial charge in [0.1, 0.15) is 0 Å². The minimum Gasteiger partial charge on any atom is -0.358 e. The van der Waals surface area contributed by atoms with E-state index in [1.54, 1.807) is 20.0 Å². The van der Waals surface area contributed by atoms with Gasteiger partial charge in [0.05, 0.1) is 0 Å². The summed E-state index contributed by atoms with van der Waals surface area (Å²) >= 11 is 1.75. The number of benzene rings is 1. The number of hydrogen-bond donors (Lipinski definition) is 0. The third-order valence-electron chi connectivity index (χ3n) is 2.08. The van der Waals surface area contributed by atoms with Crippen LogP contribution in [0.3, 0.4) is 0 Å². The van der Waals surface area contributed by atoms with Crippen molar-refractivity contribution >= 4 is 48.7 Å². The third kappa shape index (κ3) is 28.9. The molecule has 1 N–H and O–H groups in total. The molecular formula is C20H37Cl2NOSiTi-4. The van der Waals surface area contributed by atoms with Crippen molar-refractivity contribution in [2.45, 2.75) is 46.0 Å². The fourth-order valence-corrected chi connectivity index (χ4v) is 1.99. The molecule has 0 fully saturated rings. The van der Waals surface area contributed by atoms with Gasteiger partial charge in [-0.15, -0.1) is 60.0 Å². The van der Waals surface area contributed by atoms with Crippen molar-refractivity contribution in [1.82, 2.24) is 0 Å². The molecule has 0 amide bonds. The van der Waals surface area contributed by atoms with E-state index in [9.17, 15) is 0 Å². The standard InChI is InChI=1S/C9H7.C5H13OSi.C4H10N.CH3.CH2.2ClH.Ti/c1-2-5-9-7-3-6-8(9)4-1;1-5-6-7(2,3)4;1-4(2,3)5;;;;;/h1-7H;1,5H2,2-4H3;5H,1-3H3;1H3;1H2;2*1H;/q4*-1;;;;. The average Bonchev–Trinajstić information content (AvgIpc) is 2.86. The maximum absolute atomic E-state index is 6.94. The number of fused-ring (bicyclic) bond motifs is 1. The minimum atomic E-state index is -1.22. The topological polar surface area (TPSA) is 33.0 Å². The maximum Gasteiger partial charge on any atom is -0.0809 e. The molecule has 0 heterocycles. The Labute approximate surface area is 187 Å². The Kier molecular flexibility index (Phi) is 28.3. The van der Waals surface area contributed by atoms with Crippen LogP contribution in [0.4, 0.5) is 0 Å². The van der Waals surface area contributed by atoms with Crippen molar-refractivity contribution in [2.24, 2.45) is 0 Å². The quantitative estimate of drug-likeness (QED) is 0.346. The number of nitrogens with one attached hydrogen (secondary N) is 1. The van der Waals surface area contributed by atoms with Gasteiger partial charge in [0.25, 0.3) is 0 Å². The van der Waals surface area contributed by atoms with Crippen molar-refractivity contribution in [3.8, 4) is 0 Å². The van der Waals surface area contributed by atoms with Crippen LogP contribution in [0, 0.1) is 14.4 Å². The van der Waals surface area contributed by atoms with Crippen LogP contribution < -0.4 is 0 Å². The first-order valence-electron chi connectivity index (χ1n) is 7.67. The molecule has 0 saturated carbocycles. The van der Waals surface area contributed by atoms with Crippen molar-refractivity contribution < 1.29 is 24.4 Å². The summed E-state index contributed by atoms with van der Waals surface area (Å²) in [6.07, 6.45) is 0. The molecule has 2 rings (SSSR count). The summed E-state index contributed by atoms with van der Waals surface area (Å²) in [5, 5.41) is 2.66. The van der Waals surface area contributed by atoms with Crippen LogP contribution in [0.1, 0.15) is 20.8 Å². The second kappa shape index (κ2) is 19.9. The molecule has 0 aliphatic carbocycles. The Morgan fingerprint density at radius 3 is 1.85 bits per heavy atom. The second-order valence-electron chi connectivity index (χ2n) is 6.87. The van der Waals surface area contributed by atoms with E-state index in [0.29, 0.717) is 6.61 Å². The Morgan fingerprint density at radius 1 is 1.12 bits per heavy atom. The first kappa shape index (κ1) is 37.0. The first-order chi connectivity index (χ1) is 10.5. The Morgan fingerprint density at radius 2 is 1.54 bits per heavy atom. The molecule has 154 valence electrons. The van der Waals surface area contributed by atoms with Gasteiger partial charge < -0.3 is 24.5 Å². The second-order valence-corrected chi connectivity index (χ2v) is 11.4.